The molecular formula is C19H25NOS. The Kier molecular flexibility index (Phi) is 5.92. The Balaban J connectivity index is 2.25. The lowest BCUT2D eigenvalue weighted by molar-refractivity contribution is 0.165. The van der Waals surface area contributed by atoms with Gasteiger partial charge in [0, 0.05) is 23.5 Å². The fourth-order valence-corrected chi connectivity index (χ4v) is 3.52. The molecule has 0 aromatic heterocycles. The van der Waals surface area contributed by atoms with Crippen LogP contribution in [0.3, 0.4) is 0 Å². The Bertz CT molecular complexity index is 602. The summed E-state index contributed by atoms with van der Waals surface area (Å²) in [5.41, 5.74) is 1.30. The molecule has 3 heteroatoms. The van der Waals surface area contributed by atoms with Crippen LogP contribution < -0.4 is 0 Å². The van der Waals surface area contributed by atoms with Crippen LogP contribution >= 0.6 is 11.8 Å². The maximum absolute atomic E-state index is 9.99. The van der Waals surface area contributed by atoms with Crippen molar-refractivity contribution in [1.82, 2.24) is 4.90 Å². The summed E-state index contributed by atoms with van der Waals surface area (Å²) >= 11 is 1.63. The first-order valence-electron chi connectivity index (χ1n) is 7.78. The number of hydrogen-bond acceptors (Lipinski definition) is 3. The number of para-hydroxylation sites is 1. The van der Waals surface area contributed by atoms with E-state index >= 15 is 0 Å². The van der Waals surface area contributed by atoms with E-state index in [0.29, 0.717) is 17.8 Å². The van der Waals surface area contributed by atoms with E-state index in [1.165, 1.54) is 10.5 Å². The minimum absolute atomic E-state index is 0.340. The molecule has 0 aliphatic carbocycles. The molecule has 22 heavy (non-hydrogen) atoms. The highest BCUT2D eigenvalue weighted by Gasteiger charge is 2.16. The standard InChI is InChI=1S/C19H25NOS/c1-14(2)20(15(3)4)13-16-9-5-7-11-18(16)22-19-12-8-6-10-17(19)21/h5-12,14-15,21H,13H2,1-4H3. The lowest BCUT2D eigenvalue weighted by atomic mass is 10.1. The Labute approximate surface area is 138 Å². The summed E-state index contributed by atoms with van der Waals surface area (Å²) in [6.45, 7) is 9.86. The number of aromatic hydroxyl groups is 1. The average molecular weight is 315 g/mol. The zero-order valence-corrected chi connectivity index (χ0v) is 14.6. The molecule has 0 aliphatic rings. The van der Waals surface area contributed by atoms with Gasteiger partial charge in [0.25, 0.3) is 0 Å². The summed E-state index contributed by atoms with van der Waals surface area (Å²) < 4.78 is 0. The molecule has 2 rings (SSSR count). The fourth-order valence-electron chi connectivity index (χ4n) is 2.55. The van der Waals surface area contributed by atoms with Crippen LogP contribution in [0, 0.1) is 0 Å². The second kappa shape index (κ2) is 7.70. The van der Waals surface area contributed by atoms with Gasteiger partial charge in [-0.15, -0.1) is 0 Å². The summed E-state index contributed by atoms with van der Waals surface area (Å²) in [6.07, 6.45) is 0. The third kappa shape index (κ3) is 4.28. The molecule has 0 bridgehead atoms. The highest BCUT2D eigenvalue weighted by molar-refractivity contribution is 7.99. The van der Waals surface area contributed by atoms with Gasteiger partial charge in [0.1, 0.15) is 5.75 Å². The van der Waals surface area contributed by atoms with E-state index in [-0.39, 0.29) is 0 Å². The molecule has 0 heterocycles. The number of rotatable bonds is 6. The lowest BCUT2D eigenvalue weighted by Gasteiger charge is -2.31. The number of phenols is 1. The van der Waals surface area contributed by atoms with Crippen LogP contribution in [0.15, 0.2) is 58.3 Å². The molecule has 0 atom stereocenters. The first-order chi connectivity index (χ1) is 10.5. The fraction of sp³-hybridized carbons (Fsp3) is 0.368. The molecular weight excluding hydrogens is 290 g/mol. The van der Waals surface area contributed by atoms with Crippen molar-refractivity contribution in [3.05, 3.63) is 54.1 Å². The molecule has 2 aromatic carbocycles. The van der Waals surface area contributed by atoms with E-state index in [0.717, 1.165) is 11.4 Å². The Morgan fingerprint density at radius 1 is 0.864 bits per heavy atom. The first-order valence-corrected chi connectivity index (χ1v) is 8.60. The van der Waals surface area contributed by atoms with Gasteiger partial charge < -0.3 is 5.11 Å². The largest absolute Gasteiger partial charge is 0.507 e. The van der Waals surface area contributed by atoms with Crippen molar-refractivity contribution in [2.75, 3.05) is 0 Å². The first kappa shape index (κ1) is 16.9. The molecule has 2 aromatic rings. The van der Waals surface area contributed by atoms with Gasteiger partial charge in [-0.25, -0.2) is 0 Å². The van der Waals surface area contributed by atoms with Gasteiger partial charge in [-0.3, -0.25) is 4.90 Å². The van der Waals surface area contributed by atoms with E-state index in [9.17, 15) is 5.11 Å². The van der Waals surface area contributed by atoms with Crippen molar-refractivity contribution in [2.24, 2.45) is 0 Å². The summed E-state index contributed by atoms with van der Waals surface area (Å²) in [7, 11) is 0. The molecule has 0 saturated heterocycles. The molecule has 1 N–H and O–H groups in total. The molecule has 0 spiro atoms. The van der Waals surface area contributed by atoms with Crippen LogP contribution in [0.25, 0.3) is 0 Å². The van der Waals surface area contributed by atoms with E-state index < -0.39 is 0 Å². The van der Waals surface area contributed by atoms with Crippen LogP contribution in [-0.2, 0) is 6.54 Å². The topological polar surface area (TPSA) is 23.5 Å². The predicted molar refractivity (Wildman–Crippen MR) is 94.5 cm³/mol. The third-order valence-electron chi connectivity index (χ3n) is 3.74. The zero-order valence-electron chi connectivity index (χ0n) is 13.8. The van der Waals surface area contributed by atoms with E-state index in [1.54, 1.807) is 17.8 Å². The van der Waals surface area contributed by atoms with Gasteiger partial charge in [0.05, 0.1) is 4.90 Å². The van der Waals surface area contributed by atoms with Crippen LogP contribution in [-0.4, -0.2) is 22.1 Å². The maximum Gasteiger partial charge on any atom is 0.129 e. The van der Waals surface area contributed by atoms with Crippen molar-refractivity contribution in [3.8, 4) is 5.75 Å². The van der Waals surface area contributed by atoms with Gasteiger partial charge in [0.2, 0.25) is 0 Å². The predicted octanol–water partition coefficient (Wildman–Crippen LogP) is 5.16. The summed E-state index contributed by atoms with van der Waals surface area (Å²) in [5, 5.41) is 9.99. The van der Waals surface area contributed by atoms with Crippen LogP contribution in [0.4, 0.5) is 0 Å². The Morgan fingerprint density at radius 2 is 1.41 bits per heavy atom. The summed E-state index contributed by atoms with van der Waals surface area (Å²) in [5.74, 6) is 0.340. The average Bonchev–Trinajstić information content (AvgIpc) is 2.48. The second-order valence-corrected chi connectivity index (χ2v) is 7.12. The van der Waals surface area contributed by atoms with Crippen LogP contribution in [0.5, 0.6) is 5.75 Å². The molecule has 0 radical (unpaired) electrons. The van der Waals surface area contributed by atoms with Crippen molar-refractivity contribution in [1.29, 1.82) is 0 Å². The maximum atomic E-state index is 9.99. The molecule has 118 valence electrons. The lowest BCUT2D eigenvalue weighted by Crippen LogP contribution is -2.36. The van der Waals surface area contributed by atoms with Gasteiger partial charge >= 0.3 is 0 Å². The molecule has 2 nitrogen and oxygen atoms in total. The monoisotopic (exact) mass is 315 g/mol. The van der Waals surface area contributed by atoms with Crippen molar-refractivity contribution < 1.29 is 5.11 Å². The van der Waals surface area contributed by atoms with Crippen molar-refractivity contribution in [2.45, 2.75) is 56.1 Å². The molecule has 0 fully saturated rings. The molecule has 0 amide bonds. The van der Waals surface area contributed by atoms with Gasteiger partial charge in [-0.1, -0.05) is 42.1 Å². The molecule has 0 unspecified atom stereocenters. The smallest absolute Gasteiger partial charge is 0.129 e. The van der Waals surface area contributed by atoms with Crippen molar-refractivity contribution in [3.63, 3.8) is 0 Å². The quantitative estimate of drug-likeness (QED) is 0.796. The zero-order chi connectivity index (χ0) is 16.1. The normalized spacial score (nSPS) is 11.6. The SMILES string of the molecule is CC(C)N(Cc1ccccc1Sc1ccccc1O)C(C)C. The number of nitrogens with zero attached hydrogens (tertiary/aromatic N) is 1. The van der Waals surface area contributed by atoms with Gasteiger partial charge in [-0.2, -0.15) is 0 Å². The minimum Gasteiger partial charge on any atom is -0.507 e. The third-order valence-corrected chi connectivity index (χ3v) is 4.92. The van der Waals surface area contributed by atoms with E-state index in [4.69, 9.17) is 0 Å². The Hall–Kier alpha value is -1.45. The second-order valence-electron chi connectivity index (χ2n) is 6.04. The minimum atomic E-state index is 0.340. The summed E-state index contributed by atoms with van der Waals surface area (Å²) in [4.78, 5) is 4.58. The summed E-state index contributed by atoms with van der Waals surface area (Å²) in [6, 6.07) is 17.0. The molecule has 0 aliphatic heterocycles. The van der Waals surface area contributed by atoms with E-state index in [1.807, 2.05) is 18.2 Å². The molecule has 0 saturated carbocycles. The van der Waals surface area contributed by atoms with Gasteiger partial charge in [0.15, 0.2) is 0 Å². The number of hydrogen-bond donors (Lipinski definition) is 1. The number of phenolic OH excluding ortho intramolecular Hbond substituents is 1. The number of benzene rings is 2. The highest BCUT2D eigenvalue weighted by Crippen LogP contribution is 2.36. The van der Waals surface area contributed by atoms with E-state index in [2.05, 4.69) is 56.9 Å². The van der Waals surface area contributed by atoms with Crippen LogP contribution in [0.2, 0.25) is 0 Å². The van der Waals surface area contributed by atoms with Crippen molar-refractivity contribution >= 4 is 11.8 Å². The van der Waals surface area contributed by atoms with Crippen LogP contribution in [0.1, 0.15) is 33.3 Å². The van der Waals surface area contributed by atoms with Gasteiger partial charge in [-0.05, 0) is 51.5 Å². The Morgan fingerprint density at radius 3 is 2.00 bits per heavy atom. The highest BCUT2D eigenvalue weighted by atomic mass is 32.2.